The Kier molecular flexibility index (Phi) is 10.1. The normalized spacial score (nSPS) is 20.0. The van der Waals surface area contributed by atoms with E-state index in [4.69, 9.17) is 25.5 Å². The molecule has 2 aliphatic carbocycles. The molecular weight excluding hydrogens is 372 g/mol. The summed E-state index contributed by atoms with van der Waals surface area (Å²) in [5.41, 5.74) is 0.0403. The second-order valence-electron chi connectivity index (χ2n) is 7.76. The van der Waals surface area contributed by atoms with Gasteiger partial charge in [-0.15, -0.1) is 0 Å². The van der Waals surface area contributed by atoms with Gasteiger partial charge in [0.15, 0.2) is 5.60 Å². The van der Waals surface area contributed by atoms with Crippen LogP contribution in [0, 0.1) is 11.3 Å². The fourth-order valence-electron chi connectivity index (χ4n) is 2.68. The fraction of sp³-hybridized carbons (Fsp3) is 0.632. The van der Waals surface area contributed by atoms with Gasteiger partial charge in [0.05, 0.1) is 13.2 Å². The van der Waals surface area contributed by atoms with Gasteiger partial charge in [0, 0.05) is 17.6 Å². The molecule has 0 amide bonds. The van der Waals surface area contributed by atoms with Crippen LogP contribution < -0.4 is 0 Å². The summed E-state index contributed by atoms with van der Waals surface area (Å²) >= 11 is 0. The van der Waals surface area contributed by atoms with Crippen LogP contribution in [-0.2, 0) is 14.4 Å². The molecular formula is C19H30O9. The number of rotatable bonds is 6. The molecule has 0 aromatic heterocycles. The van der Waals surface area contributed by atoms with E-state index < -0.39 is 23.5 Å². The second kappa shape index (κ2) is 10.9. The van der Waals surface area contributed by atoms with Crippen molar-refractivity contribution in [2.24, 2.45) is 11.3 Å². The molecule has 9 heteroatoms. The van der Waals surface area contributed by atoms with E-state index >= 15 is 0 Å². The largest absolute Gasteiger partial charge is 0.479 e. The number of hydrogen-bond donors (Lipinski definition) is 6. The molecule has 2 aliphatic rings. The Labute approximate surface area is 163 Å². The SMILES string of the molecule is CC(C)(CO)CO.CC(O)(C(=O)O)C1=C2CCC(C2)C1.O=C(O)/C=C\C(=O)O. The predicted molar refractivity (Wildman–Crippen MR) is 99.6 cm³/mol. The van der Waals surface area contributed by atoms with Gasteiger partial charge in [-0.25, -0.2) is 14.4 Å². The minimum atomic E-state index is -1.62. The number of aliphatic hydroxyl groups is 3. The van der Waals surface area contributed by atoms with Crippen LogP contribution in [0.5, 0.6) is 0 Å². The lowest BCUT2D eigenvalue weighted by molar-refractivity contribution is -0.153. The number of hydrogen-bond acceptors (Lipinski definition) is 6. The molecule has 160 valence electrons. The van der Waals surface area contributed by atoms with E-state index in [2.05, 4.69) is 0 Å². The Balaban J connectivity index is 0.000000424. The van der Waals surface area contributed by atoms with Gasteiger partial charge < -0.3 is 30.6 Å². The van der Waals surface area contributed by atoms with Gasteiger partial charge in [0.2, 0.25) is 0 Å². The molecule has 2 bridgehead atoms. The van der Waals surface area contributed by atoms with Crippen molar-refractivity contribution in [3.8, 4) is 0 Å². The minimum Gasteiger partial charge on any atom is -0.479 e. The number of aliphatic carboxylic acids is 3. The van der Waals surface area contributed by atoms with Crippen molar-refractivity contribution in [2.45, 2.75) is 52.1 Å². The van der Waals surface area contributed by atoms with Crippen LogP contribution >= 0.6 is 0 Å². The van der Waals surface area contributed by atoms with Gasteiger partial charge >= 0.3 is 17.9 Å². The molecule has 0 saturated heterocycles. The van der Waals surface area contributed by atoms with Crippen molar-refractivity contribution in [3.05, 3.63) is 23.3 Å². The van der Waals surface area contributed by atoms with Crippen molar-refractivity contribution in [1.82, 2.24) is 0 Å². The molecule has 2 unspecified atom stereocenters. The zero-order valence-electron chi connectivity index (χ0n) is 16.4. The predicted octanol–water partition coefficient (Wildman–Crippen LogP) is 1.03. The third-order valence-corrected chi connectivity index (χ3v) is 4.54. The maximum atomic E-state index is 10.8. The van der Waals surface area contributed by atoms with Crippen LogP contribution in [0.15, 0.2) is 23.3 Å². The summed E-state index contributed by atoms with van der Waals surface area (Å²) in [5, 5.41) is 51.1. The summed E-state index contributed by atoms with van der Waals surface area (Å²) in [6.45, 7) is 5.07. The fourth-order valence-corrected chi connectivity index (χ4v) is 2.68. The third-order valence-electron chi connectivity index (χ3n) is 4.54. The highest BCUT2D eigenvalue weighted by molar-refractivity contribution is 5.89. The van der Waals surface area contributed by atoms with Gasteiger partial charge in [0.25, 0.3) is 0 Å². The Morgan fingerprint density at radius 1 is 0.964 bits per heavy atom. The molecule has 0 heterocycles. The monoisotopic (exact) mass is 402 g/mol. The summed E-state index contributed by atoms with van der Waals surface area (Å²) in [5.74, 6) is -3.03. The number of fused-ring (bicyclic) bond motifs is 2. The van der Waals surface area contributed by atoms with Crippen molar-refractivity contribution in [1.29, 1.82) is 0 Å². The number of carbonyl (C=O) groups is 3. The van der Waals surface area contributed by atoms with E-state index in [1.807, 2.05) is 0 Å². The lowest BCUT2D eigenvalue weighted by Crippen LogP contribution is -2.37. The summed E-state index contributed by atoms with van der Waals surface area (Å²) in [6.07, 6.45) is 5.08. The van der Waals surface area contributed by atoms with Gasteiger partial charge in [-0.1, -0.05) is 19.4 Å². The average Bonchev–Trinajstić information content (AvgIpc) is 3.24. The first kappa shape index (κ1) is 25.8. The molecule has 0 radical (unpaired) electrons. The lowest BCUT2D eigenvalue weighted by Gasteiger charge is -2.24. The van der Waals surface area contributed by atoms with Crippen LogP contribution in [0.1, 0.15) is 46.5 Å². The van der Waals surface area contributed by atoms with Crippen LogP contribution in [0.2, 0.25) is 0 Å². The van der Waals surface area contributed by atoms with Crippen molar-refractivity contribution >= 4 is 17.9 Å². The highest BCUT2D eigenvalue weighted by atomic mass is 16.4. The summed E-state index contributed by atoms with van der Waals surface area (Å²) in [6, 6.07) is 0. The molecule has 0 spiro atoms. The molecule has 0 aromatic carbocycles. The molecule has 1 saturated carbocycles. The number of carboxylic acids is 3. The number of aliphatic hydroxyl groups excluding tert-OH is 2. The van der Waals surface area contributed by atoms with Gasteiger partial charge in [0.1, 0.15) is 0 Å². The molecule has 0 aliphatic heterocycles. The maximum absolute atomic E-state index is 10.8. The van der Waals surface area contributed by atoms with Crippen molar-refractivity contribution in [2.75, 3.05) is 13.2 Å². The zero-order valence-corrected chi connectivity index (χ0v) is 16.4. The first-order valence-corrected chi connectivity index (χ1v) is 8.79. The number of allylic oxidation sites excluding steroid dienone is 1. The highest BCUT2D eigenvalue weighted by Crippen LogP contribution is 2.47. The second-order valence-corrected chi connectivity index (χ2v) is 7.76. The molecule has 6 N–H and O–H groups in total. The summed E-state index contributed by atoms with van der Waals surface area (Å²) in [7, 11) is 0. The third kappa shape index (κ3) is 8.64. The van der Waals surface area contributed by atoms with Gasteiger partial charge in [-0.2, -0.15) is 0 Å². The summed E-state index contributed by atoms with van der Waals surface area (Å²) < 4.78 is 0. The summed E-state index contributed by atoms with van der Waals surface area (Å²) in [4.78, 5) is 29.9. The molecule has 0 aromatic rings. The Hall–Kier alpha value is -2.23. The van der Waals surface area contributed by atoms with E-state index in [-0.39, 0.29) is 18.6 Å². The average molecular weight is 402 g/mol. The Bertz CT molecular complexity index is 607. The maximum Gasteiger partial charge on any atom is 0.339 e. The lowest BCUT2D eigenvalue weighted by atomic mass is 9.87. The first-order valence-electron chi connectivity index (χ1n) is 8.79. The molecule has 9 nitrogen and oxygen atoms in total. The van der Waals surface area contributed by atoms with Crippen molar-refractivity contribution in [3.63, 3.8) is 0 Å². The standard InChI is InChI=1S/C10H14O3.C5H12O2.C4H4O4/c1-10(13,9(11)12)8-5-6-2-3-7(8)4-6;1-5(2,3-6)4-7;5-3(6)1-2-4(7)8/h6,13H,2-5H2,1H3,(H,11,12);6-7H,3-4H2,1-2H3;1-2H,(H,5,6)(H,7,8)/b;;2-1-. The topological polar surface area (TPSA) is 173 Å². The van der Waals surface area contributed by atoms with E-state index in [0.29, 0.717) is 18.1 Å². The van der Waals surface area contributed by atoms with Gasteiger partial charge in [-0.3, -0.25) is 0 Å². The van der Waals surface area contributed by atoms with Crippen LogP contribution in [0.4, 0.5) is 0 Å². The van der Waals surface area contributed by atoms with E-state index in [1.54, 1.807) is 13.8 Å². The quantitative estimate of drug-likeness (QED) is 0.280. The van der Waals surface area contributed by atoms with E-state index in [1.165, 1.54) is 18.9 Å². The number of carboxylic acid groups (broad SMARTS) is 3. The van der Waals surface area contributed by atoms with E-state index in [0.717, 1.165) is 24.8 Å². The van der Waals surface area contributed by atoms with Gasteiger partial charge in [-0.05, 0) is 44.1 Å². The highest BCUT2D eigenvalue weighted by Gasteiger charge is 2.43. The first-order chi connectivity index (χ1) is 12.8. The Morgan fingerprint density at radius 3 is 1.64 bits per heavy atom. The smallest absolute Gasteiger partial charge is 0.339 e. The Morgan fingerprint density at radius 2 is 1.43 bits per heavy atom. The van der Waals surface area contributed by atoms with Crippen LogP contribution in [0.25, 0.3) is 0 Å². The molecule has 28 heavy (non-hydrogen) atoms. The molecule has 2 atom stereocenters. The van der Waals surface area contributed by atoms with Crippen LogP contribution in [0.3, 0.4) is 0 Å². The van der Waals surface area contributed by atoms with Crippen molar-refractivity contribution < 1.29 is 45.0 Å². The minimum absolute atomic E-state index is 0.0451. The molecule has 2 rings (SSSR count). The van der Waals surface area contributed by atoms with E-state index in [9.17, 15) is 19.5 Å². The van der Waals surface area contributed by atoms with Crippen LogP contribution in [-0.4, -0.2) is 67.4 Å². The molecule has 1 fully saturated rings. The zero-order chi connectivity index (χ0) is 22.1.